The first-order valence-electron chi connectivity index (χ1n) is 9.13. The van der Waals surface area contributed by atoms with Crippen LogP contribution in [-0.2, 0) is 9.53 Å². The van der Waals surface area contributed by atoms with Gasteiger partial charge in [-0.15, -0.1) is 0 Å². The molecule has 0 fully saturated rings. The summed E-state index contributed by atoms with van der Waals surface area (Å²) in [5.74, 6) is 0.940. The molecule has 2 aromatic rings. The molecule has 9 heteroatoms. The molecule has 1 amide bonds. The highest BCUT2D eigenvalue weighted by molar-refractivity contribution is 5.95. The molecule has 0 saturated carbocycles. The van der Waals surface area contributed by atoms with Crippen molar-refractivity contribution in [3.05, 3.63) is 41.5 Å². The number of carbonyl (C=O) groups excluding carboxylic acids is 2. The van der Waals surface area contributed by atoms with Crippen LogP contribution in [-0.4, -0.2) is 46.6 Å². The third-order valence-electron chi connectivity index (χ3n) is 4.53. The Labute approximate surface area is 173 Å². The van der Waals surface area contributed by atoms with E-state index in [4.69, 9.17) is 28.4 Å². The van der Waals surface area contributed by atoms with Gasteiger partial charge in [0.15, 0.2) is 29.6 Å². The van der Waals surface area contributed by atoms with Crippen LogP contribution in [0.25, 0.3) is 0 Å². The van der Waals surface area contributed by atoms with Gasteiger partial charge in [-0.2, -0.15) is 0 Å². The molecule has 0 aromatic heterocycles. The van der Waals surface area contributed by atoms with Gasteiger partial charge >= 0.3 is 5.97 Å². The molecule has 0 radical (unpaired) electrons. The number of amides is 1. The van der Waals surface area contributed by atoms with Crippen LogP contribution in [0.4, 0.5) is 0 Å². The second-order valence-corrected chi connectivity index (χ2v) is 6.36. The molecule has 0 bridgehead atoms. The van der Waals surface area contributed by atoms with Crippen LogP contribution in [0.15, 0.2) is 30.3 Å². The molecular formula is C21H23NO8. The van der Waals surface area contributed by atoms with E-state index in [2.05, 4.69) is 5.32 Å². The molecule has 1 atom stereocenters. The van der Waals surface area contributed by atoms with Gasteiger partial charge in [0.2, 0.25) is 12.5 Å². The topological polar surface area (TPSA) is 102 Å². The first-order chi connectivity index (χ1) is 14.5. The van der Waals surface area contributed by atoms with E-state index in [9.17, 15) is 9.59 Å². The van der Waals surface area contributed by atoms with Crippen LogP contribution in [0, 0.1) is 0 Å². The molecule has 1 aliphatic rings. The first-order valence-corrected chi connectivity index (χ1v) is 9.13. The number of fused-ring (bicyclic) bond motifs is 1. The Morgan fingerprint density at radius 2 is 1.73 bits per heavy atom. The zero-order chi connectivity index (χ0) is 21.7. The summed E-state index contributed by atoms with van der Waals surface area (Å²) in [6.07, 6.45) is 0. The Morgan fingerprint density at radius 3 is 2.43 bits per heavy atom. The Morgan fingerprint density at radius 1 is 1.00 bits per heavy atom. The van der Waals surface area contributed by atoms with E-state index in [1.807, 2.05) is 13.0 Å². The van der Waals surface area contributed by atoms with Crippen molar-refractivity contribution >= 4 is 11.9 Å². The van der Waals surface area contributed by atoms with Gasteiger partial charge in [0.05, 0.1) is 27.4 Å². The van der Waals surface area contributed by atoms with E-state index in [1.165, 1.54) is 27.4 Å². The SMILES string of the molecule is COc1ccc(C(=O)OCC(=O)N[C@H](C)c2ccc3c(c2)OCO3)c(OC)c1OC. The van der Waals surface area contributed by atoms with Gasteiger partial charge in [0, 0.05) is 0 Å². The summed E-state index contributed by atoms with van der Waals surface area (Å²) in [6, 6.07) is 8.13. The summed E-state index contributed by atoms with van der Waals surface area (Å²) in [4.78, 5) is 24.7. The van der Waals surface area contributed by atoms with Crippen molar-refractivity contribution in [2.45, 2.75) is 13.0 Å². The number of carbonyl (C=O) groups is 2. The summed E-state index contributed by atoms with van der Waals surface area (Å²) >= 11 is 0. The lowest BCUT2D eigenvalue weighted by molar-refractivity contribution is -0.124. The zero-order valence-corrected chi connectivity index (χ0v) is 17.1. The number of methoxy groups -OCH3 is 3. The van der Waals surface area contributed by atoms with Gasteiger partial charge in [-0.05, 0) is 36.8 Å². The lowest BCUT2D eigenvalue weighted by atomic mass is 10.1. The molecular weight excluding hydrogens is 394 g/mol. The normalized spacial score (nSPS) is 12.7. The third-order valence-corrected chi connectivity index (χ3v) is 4.53. The van der Waals surface area contributed by atoms with E-state index in [0.29, 0.717) is 17.2 Å². The highest BCUT2D eigenvalue weighted by Gasteiger charge is 2.23. The van der Waals surface area contributed by atoms with Gasteiger partial charge in [-0.25, -0.2) is 4.79 Å². The fourth-order valence-corrected chi connectivity index (χ4v) is 3.02. The largest absolute Gasteiger partial charge is 0.493 e. The molecule has 9 nitrogen and oxygen atoms in total. The summed E-state index contributed by atoms with van der Waals surface area (Å²) in [5, 5.41) is 2.78. The number of rotatable bonds is 8. The van der Waals surface area contributed by atoms with Crippen molar-refractivity contribution < 1.29 is 38.0 Å². The summed E-state index contributed by atoms with van der Waals surface area (Å²) < 4.78 is 31.5. The predicted molar refractivity (Wildman–Crippen MR) is 106 cm³/mol. The third kappa shape index (κ3) is 4.35. The summed E-state index contributed by atoms with van der Waals surface area (Å²) in [7, 11) is 4.30. The van der Waals surface area contributed by atoms with Crippen molar-refractivity contribution in [3.8, 4) is 28.7 Å². The predicted octanol–water partition coefficient (Wildman–Crippen LogP) is 2.48. The van der Waals surface area contributed by atoms with E-state index in [0.717, 1.165) is 5.56 Å². The number of nitrogens with one attached hydrogen (secondary N) is 1. The molecule has 0 saturated heterocycles. The van der Waals surface area contributed by atoms with Gasteiger partial charge < -0.3 is 33.7 Å². The van der Waals surface area contributed by atoms with Crippen LogP contribution in [0.3, 0.4) is 0 Å². The van der Waals surface area contributed by atoms with Crippen molar-refractivity contribution in [2.75, 3.05) is 34.7 Å². The fourth-order valence-electron chi connectivity index (χ4n) is 3.02. The number of ether oxygens (including phenoxy) is 6. The second-order valence-electron chi connectivity index (χ2n) is 6.36. The van der Waals surface area contributed by atoms with Crippen molar-refractivity contribution in [2.24, 2.45) is 0 Å². The van der Waals surface area contributed by atoms with Crippen LogP contribution in [0.1, 0.15) is 28.9 Å². The molecule has 2 aromatic carbocycles. The number of esters is 1. The van der Waals surface area contributed by atoms with E-state index < -0.39 is 18.5 Å². The Kier molecular flexibility index (Phi) is 6.51. The molecule has 1 aliphatic heterocycles. The summed E-state index contributed by atoms with van der Waals surface area (Å²) in [6.45, 7) is 1.54. The second kappa shape index (κ2) is 9.25. The Balaban J connectivity index is 1.61. The maximum absolute atomic E-state index is 12.5. The molecule has 160 valence electrons. The summed E-state index contributed by atoms with van der Waals surface area (Å²) in [5.41, 5.74) is 0.951. The number of hydrogen-bond acceptors (Lipinski definition) is 8. The lowest BCUT2D eigenvalue weighted by Gasteiger charge is -2.16. The van der Waals surface area contributed by atoms with E-state index >= 15 is 0 Å². The molecule has 30 heavy (non-hydrogen) atoms. The van der Waals surface area contributed by atoms with Crippen LogP contribution < -0.4 is 29.0 Å². The van der Waals surface area contributed by atoms with Gasteiger partial charge in [-0.3, -0.25) is 4.79 Å². The molecule has 1 N–H and O–H groups in total. The molecule has 3 rings (SSSR count). The lowest BCUT2D eigenvalue weighted by Crippen LogP contribution is -2.31. The molecule has 1 heterocycles. The fraction of sp³-hybridized carbons (Fsp3) is 0.333. The standard InChI is InChI=1S/C21H23NO8/c1-12(13-5-7-15-17(9-13)30-11-29-15)22-18(23)10-28-21(24)14-6-8-16(25-2)20(27-4)19(14)26-3/h5-9,12H,10-11H2,1-4H3,(H,22,23)/t12-/m1/s1. The first kappa shape index (κ1) is 21.1. The van der Waals surface area contributed by atoms with Gasteiger partial charge in [0.1, 0.15) is 5.56 Å². The van der Waals surface area contributed by atoms with Crippen LogP contribution in [0.5, 0.6) is 28.7 Å². The number of hydrogen-bond donors (Lipinski definition) is 1. The van der Waals surface area contributed by atoms with Crippen LogP contribution in [0.2, 0.25) is 0 Å². The van der Waals surface area contributed by atoms with Crippen LogP contribution >= 0.6 is 0 Å². The molecule has 0 aliphatic carbocycles. The van der Waals surface area contributed by atoms with E-state index in [1.54, 1.807) is 18.2 Å². The number of benzene rings is 2. The average Bonchev–Trinajstić information content (AvgIpc) is 3.24. The van der Waals surface area contributed by atoms with Gasteiger partial charge in [-0.1, -0.05) is 6.07 Å². The van der Waals surface area contributed by atoms with E-state index in [-0.39, 0.29) is 29.9 Å². The average molecular weight is 417 g/mol. The van der Waals surface area contributed by atoms with Gasteiger partial charge in [0.25, 0.3) is 5.91 Å². The molecule has 0 unspecified atom stereocenters. The Hall–Kier alpha value is -3.62. The monoisotopic (exact) mass is 417 g/mol. The van der Waals surface area contributed by atoms with Crippen molar-refractivity contribution in [3.63, 3.8) is 0 Å². The van der Waals surface area contributed by atoms with Crippen molar-refractivity contribution in [1.29, 1.82) is 0 Å². The molecule has 0 spiro atoms. The Bertz CT molecular complexity index is 943. The smallest absolute Gasteiger partial charge is 0.342 e. The highest BCUT2D eigenvalue weighted by atomic mass is 16.7. The quantitative estimate of drug-likeness (QED) is 0.654. The van der Waals surface area contributed by atoms with Crippen molar-refractivity contribution in [1.82, 2.24) is 5.32 Å². The minimum absolute atomic E-state index is 0.117. The maximum atomic E-state index is 12.5. The zero-order valence-electron chi connectivity index (χ0n) is 17.1. The minimum Gasteiger partial charge on any atom is -0.493 e. The maximum Gasteiger partial charge on any atom is 0.342 e. The highest BCUT2D eigenvalue weighted by Crippen LogP contribution is 2.40. The minimum atomic E-state index is -0.723.